The van der Waals surface area contributed by atoms with Crippen LogP contribution in [0.2, 0.25) is 0 Å². The van der Waals surface area contributed by atoms with E-state index in [4.69, 9.17) is 9.47 Å². The van der Waals surface area contributed by atoms with Crippen LogP contribution in [0.5, 0.6) is 5.75 Å². The average Bonchev–Trinajstić information content (AvgIpc) is 2.66. The van der Waals surface area contributed by atoms with Gasteiger partial charge in [0.15, 0.2) is 13.2 Å². The van der Waals surface area contributed by atoms with Gasteiger partial charge in [0, 0.05) is 5.69 Å². The third-order valence-corrected chi connectivity index (χ3v) is 3.40. The molecule has 2 aromatic carbocycles. The van der Waals surface area contributed by atoms with Crippen LogP contribution in [0.1, 0.15) is 15.9 Å². The van der Waals surface area contributed by atoms with E-state index in [1.54, 1.807) is 43.3 Å². The number of nitrogens with one attached hydrogen (secondary N) is 1. The minimum absolute atomic E-state index is 0.297. The molecule has 0 aliphatic heterocycles. The second-order valence-electron chi connectivity index (χ2n) is 5.33. The van der Waals surface area contributed by atoms with Crippen molar-refractivity contribution >= 4 is 23.5 Å². The number of rotatable bonds is 7. The summed E-state index contributed by atoms with van der Waals surface area (Å²) < 4.78 is 14.7. The van der Waals surface area contributed by atoms with Crippen molar-refractivity contribution in [2.24, 2.45) is 0 Å². The lowest BCUT2D eigenvalue weighted by Crippen LogP contribution is -2.24. The van der Waals surface area contributed by atoms with Crippen LogP contribution in [0.25, 0.3) is 0 Å². The van der Waals surface area contributed by atoms with E-state index < -0.39 is 24.5 Å². The molecule has 0 saturated carbocycles. The maximum Gasteiger partial charge on any atom is 0.344 e. The predicted molar refractivity (Wildman–Crippen MR) is 94.0 cm³/mol. The smallest absolute Gasteiger partial charge is 0.344 e. The van der Waals surface area contributed by atoms with Gasteiger partial charge in [0.05, 0.1) is 12.7 Å². The summed E-state index contributed by atoms with van der Waals surface area (Å²) in [6, 6.07) is 13.6. The molecule has 0 saturated heterocycles. The molecule has 1 amide bonds. The SMILES string of the molecule is COC(=O)c1ccc(C)c(NC(=O)COC(=O)COc2ccccc2)c1. The molecule has 0 aliphatic carbocycles. The van der Waals surface area contributed by atoms with Crippen LogP contribution in [0.3, 0.4) is 0 Å². The van der Waals surface area contributed by atoms with Crippen molar-refractivity contribution < 1.29 is 28.6 Å². The Labute approximate surface area is 150 Å². The third-order valence-electron chi connectivity index (χ3n) is 3.40. The molecule has 136 valence electrons. The van der Waals surface area contributed by atoms with Gasteiger partial charge in [-0.25, -0.2) is 9.59 Å². The molecule has 0 aliphatic rings. The summed E-state index contributed by atoms with van der Waals surface area (Å²) in [5.74, 6) is -1.17. The molecule has 0 unspecified atom stereocenters. The molecule has 0 aromatic heterocycles. The first-order chi connectivity index (χ1) is 12.5. The van der Waals surface area contributed by atoms with Gasteiger partial charge < -0.3 is 19.5 Å². The van der Waals surface area contributed by atoms with Crippen molar-refractivity contribution in [2.45, 2.75) is 6.92 Å². The second kappa shape index (κ2) is 9.22. The van der Waals surface area contributed by atoms with Crippen molar-refractivity contribution in [1.82, 2.24) is 0 Å². The lowest BCUT2D eigenvalue weighted by Gasteiger charge is -2.11. The maximum absolute atomic E-state index is 11.9. The highest BCUT2D eigenvalue weighted by Crippen LogP contribution is 2.17. The molecule has 0 fully saturated rings. The average molecular weight is 357 g/mol. The zero-order chi connectivity index (χ0) is 18.9. The van der Waals surface area contributed by atoms with E-state index in [2.05, 4.69) is 10.1 Å². The molecule has 26 heavy (non-hydrogen) atoms. The fourth-order valence-electron chi connectivity index (χ4n) is 2.03. The van der Waals surface area contributed by atoms with E-state index in [0.717, 1.165) is 5.56 Å². The van der Waals surface area contributed by atoms with Crippen LogP contribution in [-0.2, 0) is 19.1 Å². The summed E-state index contributed by atoms with van der Waals surface area (Å²) in [5.41, 5.74) is 1.50. The summed E-state index contributed by atoms with van der Waals surface area (Å²) in [6.45, 7) is 1.02. The molecule has 2 rings (SSSR count). The number of anilines is 1. The Hall–Kier alpha value is -3.35. The molecular formula is C19H19NO6. The van der Waals surface area contributed by atoms with Crippen molar-refractivity contribution in [1.29, 1.82) is 0 Å². The van der Waals surface area contributed by atoms with Crippen molar-refractivity contribution in [3.8, 4) is 5.75 Å². The van der Waals surface area contributed by atoms with Crippen molar-refractivity contribution in [2.75, 3.05) is 25.6 Å². The monoisotopic (exact) mass is 357 g/mol. The minimum atomic E-state index is -0.663. The largest absolute Gasteiger partial charge is 0.482 e. The molecule has 7 nitrogen and oxygen atoms in total. The van der Waals surface area contributed by atoms with Crippen LogP contribution in [0, 0.1) is 6.92 Å². The standard InChI is InChI=1S/C19H19NO6/c1-13-8-9-14(19(23)24-2)10-16(13)20-17(21)11-26-18(22)12-25-15-6-4-3-5-7-15/h3-10H,11-12H2,1-2H3,(H,20,21). The zero-order valence-corrected chi connectivity index (χ0v) is 14.5. The van der Waals surface area contributed by atoms with Gasteiger partial charge in [0.1, 0.15) is 5.75 Å². The molecule has 0 atom stereocenters. The van der Waals surface area contributed by atoms with Crippen molar-refractivity contribution in [3.63, 3.8) is 0 Å². The Kier molecular flexibility index (Phi) is 6.73. The highest BCUT2D eigenvalue weighted by atomic mass is 16.6. The molecule has 2 aromatic rings. The normalized spacial score (nSPS) is 9.92. The number of benzene rings is 2. The number of esters is 2. The number of amides is 1. The summed E-state index contributed by atoms with van der Waals surface area (Å²) >= 11 is 0. The van der Waals surface area contributed by atoms with Gasteiger partial charge in [-0.2, -0.15) is 0 Å². The van der Waals surface area contributed by atoms with E-state index in [-0.39, 0.29) is 6.61 Å². The van der Waals surface area contributed by atoms with E-state index in [1.165, 1.54) is 13.2 Å². The zero-order valence-electron chi connectivity index (χ0n) is 14.5. The van der Waals surface area contributed by atoms with Gasteiger partial charge in [-0.05, 0) is 36.8 Å². The van der Waals surface area contributed by atoms with Crippen LogP contribution in [0.4, 0.5) is 5.69 Å². The van der Waals surface area contributed by atoms with E-state index >= 15 is 0 Å². The first-order valence-electron chi connectivity index (χ1n) is 7.82. The van der Waals surface area contributed by atoms with Gasteiger partial charge in [-0.1, -0.05) is 24.3 Å². The Morgan fingerprint density at radius 3 is 2.42 bits per heavy atom. The van der Waals surface area contributed by atoms with Crippen LogP contribution in [-0.4, -0.2) is 38.2 Å². The Bertz CT molecular complexity index is 788. The molecule has 0 radical (unpaired) electrons. The number of ether oxygens (including phenoxy) is 3. The van der Waals surface area contributed by atoms with Gasteiger partial charge >= 0.3 is 11.9 Å². The fraction of sp³-hybridized carbons (Fsp3) is 0.211. The van der Waals surface area contributed by atoms with E-state index in [9.17, 15) is 14.4 Å². The van der Waals surface area contributed by atoms with Crippen molar-refractivity contribution in [3.05, 3.63) is 59.7 Å². The fourth-order valence-corrected chi connectivity index (χ4v) is 2.03. The van der Waals surface area contributed by atoms with Crippen LogP contribution >= 0.6 is 0 Å². The minimum Gasteiger partial charge on any atom is -0.482 e. The summed E-state index contributed by atoms with van der Waals surface area (Å²) in [4.78, 5) is 35.1. The highest BCUT2D eigenvalue weighted by molar-refractivity contribution is 5.96. The molecular weight excluding hydrogens is 338 g/mol. The predicted octanol–water partition coefficient (Wildman–Crippen LogP) is 2.34. The first-order valence-corrected chi connectivity index (χ1v) is 7.82. The quantitative estimate of drug-likeness (QED) is 0.765. The molecule has 1 N–H and O–H groups in total. The van der Waals surface area contributed by atoms with E-state index in [0.29, 0.717) is 17.0 Å². The Balaban J connectivity index is 1.83. The third kappa shape index (κ3) is 5.62. The van der Waals surface area contributed by atoms with Crippen LogP contribution < -0.4 is 10.1 Å². The summed E-state index contributed by atoms with van der Waals surface area (Å²) in [6.07, 6.45) is 0. The Morgan fingerprint density at radius 2 is 1.73 bits per heavy atom. The number of hydrogen-bond acceptors (Lipinski definition) is 6. The Morgan fingerprint density at radius 1 is 1.00 bits per heavy atom. The van der Waals surface area contributed by atoms with E-state index in [1.807, 2.05) is 6.07 Å². The molecule has 7 heteroatoms. The lowest BCUT2D eigenvalue weighted by molar-refractivity contribution is -0.149. The number of hydrogen-bond donors (Lipinski definition) is 1. The maximum atomic E-state index is 11.9. The summed E-state index contributed by atoms with van der Waals surface area (Å²) in [5, 5.41) is 2.59. The van der Waals surface area contributed by atoms with Gasteiger partial charge in [0.25, 0.3) is 5.91 Å². The van der Waals surface area contributed by atoms with Crippen LogP contribution in [0.15, 0.2) is 48.5 Å². The molecule has 0 heterocycles. The van der Waals surface area contributed by atoms with Gasteiger partial charge in [-0.15, -0.1) is 0 Å². The lowest BCUT2D eigenvalue weighted by atomic mass is 10.1. The number of aryl methyl sites for hydroxylation is 1. The highest BCUT2D eigenvalue weighted by Gasteiger charge is 2.12. The number of para-hydroxylation sites is 1. The summed E-state index contributed by atoms with van der Waals surface area (Å²) in [7, 11) is 1.28. The second-order valence-corrected chi connectivity index (χ2v) is 5.33. The number of methoxy groups -OCH3 is 1. The number of carbonyl (C=O) groups excluding carboxylic acids is 3. The number of carbonyl (C=O) groups is 3. The molecule has 0 spiro atoms. The van der Waals surface area contributed by atoms with Gasteiger partial charge in [0.2, 0.25) is 0 Å². The topological polar surface area (TPSA) is 90.9 Å². The first kappa shape index (κ1) is 19.0. The van der Waals surface area contributed by atoms with Gasteiger partial charge in [-0.3, -0.25) is 4.79 Å². The molecule has 0 bridgehead atoms.